The molecule has 7 nitrogen and oxygen atoms in total. The molecule has 0 saturated carbocycles. The number of rotatable bonds is 6. The summed E-state index contributed by atoms with van der Waals surface area (Å²) in [7, 11) is 1.57. The third-order valence-electron chi connectivity index (χ3n) is 4.56. The van der Waals surface area contributed by atoms with Crippen molar-refractivity contribution in [2.75, 3.05) is 30.5 Å². The number of benzene rings is 2. The van der Waals surface area contributed by atoms with Crippen molar-refractivity contribution < 1.29 is 23.9 Å². The summed E-state index contributed by atoms with van der Waals surface area (Å²) in [6.07, 6.45) is 0.111. The first-order valence-electron chi connectivity index (χ1n) is 9.05. The SMILES string of the molecule is CCOC(=O)c1ccccc1NC(=O)[C@H]1CC(=O)N(c2ccc(OC)cc2)C1. The zero-order valence-electron chi connectivity index (χ0n) is 15.8. The molecule has 0 unspecified atom stereocenters. The van der Waals surface area contributed by atoms with E-state index in [4.69, 9.17) is 9.47 Å². The third-order valence-corrected chi connectivity index (χ3v) is 4.56. The van der Waals surface area contributed by atoms with E-state index in [2.05, 4.69) is 5.32 Å². The van der Waals surface area contributed by atoms with Crippen molar-refractivity contribution in [1.82, 2.24) is 0 Å². The summed E-state index contributed by atoms with van der Waals surface area (Å²) in [5.41, 5.74) is 1.38. The summed E-state index contributed by atoms with van der Waals surface area (Å²) in [6, 6.07) is 13.8. The lowest BCUT2D eigenvalue weighted by atomic mass is 10.1. The van der Waals surface area contributed by atoms with E-state index < -0.39 is 11.9 Å². The summed E-state index contributed by atoms with van der Waals surface area (Å²) in [4.78, 5) is 38.8. The molecule has 28 heavy (non-hydrogen) atoms. The van der Waals surface area contributed by atoms with Gasteiger partial charge < -0.3 is 19.7 Å². The van der Waals surface area contributed by atoms with Crippen molar-refractivity contribution in [3.63, 3.8) is 0 Å². The highest BCUT2D eigenvalue weighted by atomic mass is 16.5. The minimum atomic E-state index is -0.509. The maximum Gasteiger partial charge on any atom is 0.340 e. The molecule has 2 aromatic rings. The van der Waals surface area contributed by atoms with Gasteiger partial charge in [0.05, 0.1) is 30.9 Å². The van der Waals surface area contributed by atoms with Crippen molar-refractivity contribution >= 4 is 29.2 Å². The van der Waals surface area contributed by atoms with Gasteiger partial charge in [-0.1, -0.05) is 12.1 Å². The molecule has 1 saturated heterocycles. The van der Waals surface area contributed by atoms with Crippen molar-refractivity contribution in [2.45, 2.75) is 13.3 Å². The second kappa shape index (κ2) is 8.56. The smallest absolute Gasteiger partial charge is 0.340 e. The summed E-state index contributed by atoms with van der Waals surface area (Å²) < 4.78 is 10.2. The Morgan fingerprint density at radius 2 is 1.86 bits per heavy atom. The molecular weight excluding hydrogens is 360 g/mol. The van der Waals surface area contributed by atoms with Crippen LogP contribution in [0.5, 0.6) is 5.75 Å². The number of anilines is 2. The lowest BCUT2D eigenvalue weighted by molar-refractivity contribution is -0.122. The second-order valence-electron chi connectivity index (χ2n) is 6.36. The molecule has 146 valence electrons. The van der Waals surface area contributed by atoms with Crippen LogP contribution >= 0.6 is 0 Å². The van der Waals surface area contributed by atoms with E-state index in [0.29, 0.717) is 17.1 Å². The summed E-state index contributed by atoms with van der Waals surface area (Å²) in [5.74, 6) is -0.740. The number of amides is 2. The van der Waals surface area contributed by atoms with Crippen LogP contribution in [0.25, 0.3) is 0 Å². The van der Waals surface area contributed by atoms with E-state index in [1.807, 2.05) is 0 Å². The highest BCUT2D eigenvalue weighted by Gasteiger charge is 2.35. The van der Waals surface area contributed by atoms with Crippen molar-refractivity contribution in [1.29, 1.82) is 0 Å². The molecule has 1 atom stereocenters. The van der Waals surface area contributed by atoms with E-state index >= 15 is 0 Å². The minimum Gasteiger partial charge on any atom is -0.497 e. The van der Waals surface area contributed by atoms with Crippen molar-refractivity contribution in [3.05, 3.63) is 54.1 Å². The van der Waals surface area contributed by atoms with E-state index in [9.17, 15) is 14.4 Å². The van der Waals surface area contributed by atoms with Gasteiger partial charge in [0.2, 0.25) is 11.8 Å². The van der Waals surface area contributed by atoms with Crippen LogP contribution in [0.2, 0.25) is 0 Å². The van der Waals surface area contributed by atoms with E-state index in [0.717, 1.165) is 0 Å². The minimum absolute atomic E-state index is 0.111. The number of ether oxygens (including phenoxy) is 2. The van der Waals surface area contributed by atoms with E-state index in [1.54, 1.807) is 67.5 Å². The maximum atomic E-state index is 12.7. The van der Waals surface area contributed by atoms with Gasteiger partial charge in [-0.15, -0.1) is 0 Å². The fourth-order valence-corrected chi connectivity index (χ4v) is 3.11. The molecular formula is C21H22N2O5. The highest BCUT2D eigenvalue weighted by Crippen LogP contribution is 2.28. The molecule has 0 spiro atoms. The number of para-hydroxylation sites is 1. The standard InChI is InChI=1S/C21H22N2O5/c1-3-28-21(26)17-6-4-5-7-18(17)22-20(25)14-12-19(24)23(13-14)15-8-10-16(27-2)11-9-15/h4-11,14H,3,12-13H2,1-2H3,(H,22,25)/t14-/m0/s1. The first kappa shape index (κ1) is 19.4. The Hall–Kier alpha value is -3.35. The molecule has 0 bridgehead atoms. The van der Waals surface area contributed by atoms with Gasteiger partial charge in [-0.3, -0.25) is 9.59 Å². The fourth-order valence-electron chi connectivity index (χ4n) is 3.11. The molecule has 1 N–H and O–H groups in total. The Bertz CT molecular complexity index is 879. The van der Waals surface area contributed by atoms with Gasteiger partial charge in [0.15, 0.2) is 0 Å². The largest absolute Gasteiger partial charge is 0.497 e. The molecule has 1 fully saturated rings. The van der Waals surface area contributed by atoms with Crippen molar-refractivity contribution in [2.24, 2.45) is 5.92 Å². The van der Waals surface area contributed by atoms with Crippen LogP contribution in [0.3, 0.4) is 0 Å². The van der Waals surface area contributed by atoms with Crippen LogP contribution in [-0.4, -0.2) is 38.0 Å². The van der Waals surface area contributed by atoms with Crippen LogP contribution in [0, 0.1) is 5.92 Å². The Kier molecular flexibility index (Phi) is 5.93. The Morgan fingerprint density at radius 3 is 2.54 bits per heavy atom. The molecule has 2 aromatic carbocycles. The van der Waals surface area contributed by atoms with Gasteiger partial charge >= 0.3 is 5.97 Å². The number of carbonyl (C=O) groups is 3. The summed E-state index contributed by atoms with van der Waals surface area (Å²) >= 11 is 0. The number of carbonyl (C=O) groups excluding carboxylic acids is 3. The van der Waals surface area contributed by atoms with Gasteiger partial charge in [0, 0.05) is 18.7 Å². The Balaban J connectivity index is 1.71. The maximum absolute atomic E-state index is 12.7. The zero-order valence-corrected chi connectivity index (χ0v) is 15.8. The van der Waals surface area contributed by atoms with Crippen LogP contribution in [-0.2, 0) is 14.3 Å². The first-order valence-corrected chi connectivity index (χ1v) is 9.05. The average Bonchev–Trinajstić information content (AvgIpc) is 3.10. The number of hydrogen-bond donors (Lipinski definition) is 1. The molecule has 1 heterocycles. The Morgan fingerprint density at radius 1 is 1.14 bits per heavy atom. The molecule has 0 aliphatic carbocycles. The number of hydrogen-bond acceptors (Lipinski definition) is 5. The normalized spacial score (nSPS) is 16.0. The summed E-state index contributed by atoms with van der Waals surface area (Å²) in [6.45, 7) is 2.24. The van der Waals surface area contributed by atoms with Gasteiger partial charge in [-0.2, -0.15) is 0 Å². The number of esters is 1. The quantitative estimate of drug-likeness (QED) is 0.777. The van der Waals surface area contributed by atoms with Gasteiger partial charge in [0.25, 0.3) is 0 Å². The lowest BCUT2D eigenvalue weighted by Crippen LogP contribution is -2.28. The van der Waals surface area contributed by atoms with E-state index in [1.165, 1.54) is 0 Å². The summed E-state index contributed by atoms with van der Waals surface area (Å²) in [5, 5.41) is 2.76. The van der Waals surface area contributed by atoms with Crippen LogP contribution in [0.1, 0.15) is 23.7 Å². The topological polar surface area (TPSA) is 84.9 Å². The number of methoxy groups -OCH3 is 1. The predicted molar refractivity (Wildman–Crippen MR) is 104 cm³/mol. The van der Waals surface area contributed by atoms with Crippen molar-refractivity contribution in [3.8, 4) is 5.75 Å². The number of nitrogens with zero attached hydrogens (tertiary/aromatic N) is 1. The monoisotopic (exact) mass is 382 g/mol. The second-order valence-corrected chi connectivity index (χ2v) is 6.36. The van der Waals surface area contributed by atoms with Crippen LogP contribution in [0.15, 0.2) is 48.5 Å². The third kappa shape index (κ3) is 4.14. The van der Waals surface area contributed by atoms with Gasteiger partial charge in [-0.25, -0.2) is 4.79 Å². The predicted octanol–water partition coefficient (Wildman–Crippen LogP) is 2.86. The molecule has 3 rings (SSSR count). The molecule has 0 radical (unpaired) electrons. The van der Waals surface area contributed by atoms with E-state index in [-0.39, 0.29) is 37.0 Å². The molecule has 0 aromatic heterocycles. The van der Waals surface area contributed by atoms with Crippen LogP contribution in [0.4, 0.5) is 11.4 Å². The number of nitrogens with one attached hydrogen (secondary N) is 1. The molecule has 7 heteroatoms. The lowest BCUT2D eigenvalue weighted by Gasteiger charge is -2.17. The average molecular weight is 382 g/mol. The van der Waals surface area contributed by atoms with Gasteiger partial charge in [0.1, 0.15) is 5.75 Å². The highest BCUT2D eigenvalue weighted by molar-refractivity contribution is 6.06. The van der Waals surface area contributed by atoms with Crippen LogP contribution < -0.4 is 15.0 Å². The zero-order chi connectivity index (χ0) is 20.1. The molecule has 2 amide bonds. The fraction of sp³-hybridized carbons (Fsp3) is 0.286. The Labute approximate surface area is 163 Å². The van der Waals surface area contributed by atoms with Gasteiger partial charge in [-0.05, 0) is 43.3 Å². The molecule has 1 aliphatic heterocycles. The molecule has 1 aliphatic rings. The first-order chi connectivity index (χ1) is 13.5.